The summed E-state index contributed by atoms with van der Waals surface area (Å²) in [7, 11) is -3.35. The van der Waals surface area contributed by atoms with Gasteiger partial charge in [0.25, 0.3) is 0 Å². The van der Waals surface area contributed by atoms with E-state index in [1.807, 2.05) is 20.8 Å². The van der Waals surface area contributed by atoms with Crippen molar-refractivity contribution in [3.63, 3.8) is 0 Å². The SMILES string of the molecule is O=C(N1CC2(CC(n3cnc(C4CC4)n3)C2)C1)N1CC2(C1)CN(S(=O)(=O)CCc1ccc(F)cc1)C2. The van der Waals surface area contributed by atoms with Gasteiger partial charge < -0.3 is 9.80 Å². The summed E-state index contributed by atoms with van der Waals surface area (Å²) in [5, 5.41) is 4.66. The van der Waals surface area contributed by atoms with Gasteiger partial charge in [-0.3, -0.25) is 0 Å². The minimum absolute atomic E-state index is 0.0186. The Morgan fingerprint density at radius 2 is 1.61 bits per heavy atom. The van der Waals surface area contributed by atoms with E-state index in [9.17, 15) is 17.6 Å². The van der Waals surface area contributed by atoms with Crippen molar-refractivity contribution >= 4 is 16.1 Å². The van der Waals surface area contributed by atoms with Crippen LogP contribution in [-0.2, 0) is 16.4 Å². The zero-order valence-corrected chi connectivity index (χ0v) is 21.0. The van der Waals surface area contributed by atoms with Crippen LogP contribution < -0.4 is 0 Å². The van der Waals surface area contributed by atoms with E-state index in [1.165, 1.54) is 29.3 Å². The number of carbonyl (C=O) groups is 1. The van der Waals surface area contributed by atoms with E-state index < -0.39 is 10.0 Å². The molecule has 5 fully saturated rings. The van der Waals surface area contributed by atoms with Crippen molar-refractivity contribution in [3.8, 4) is 0 Å². The van der Waals surface area contributed by atoms with Crippen LogP contribution in [0.4, 0.5) is 9.18 Å². The van der Waals surface area contributed by atoms with Crippen LogP contribution in [0.1, 0.15) is 49.0 Å². The van der Waals surface area contributed by atoms with E-state index in [2.05, 4.69) is 10.1 Å². The fourth-order valence-electron chi connectivity index (χ4n) is 6.50. The number of urea groups is 1. The molecule has 0 atom stereocenters. The number of hydrogen-bond donors (Lipinski definition) is 0. The highest BCUT2D eigenvalue weighted by molar-refractivity contribution is 7.89. The predicted molar refractivity (Wildman–Crippen MR) is 129 cm³/mol. The van der Waals surface area contributed by atoms with Gasteiger partial charge in [0, 0.05) is 56.0 Å². The lowest BCUT2D eigenvalue weighted by Crippen LogP contribution is -2.76. The Labute approximate surface area is 210 Å². The molecule has 2 amide bonds. The molecule has 0 unspecified atom stereocenters. The summed E-state index contributed by atoms with van der Waals surface area (Å²) in [6, 6.07) is 6.45. The molecule has 2 spiro atoms. The van der Waals surface area contributed by atoms with E-state index in [4.69, 9.17) is 0 Å². The van der Waals surface area contributed by atoms with E-state index in [0.717, 1.165) is 37.3 Å². The third-order valence-electron chi connectivity index (χ3n) is 8.81. The Bertz CT molecular complexity index is 1280. The Kier molecular flexibility index (Phi) is 4.87. The second-order valence-electron chi connectivity index (χ2n) is 11.9. The zero-order valence-electron chi connectivity index (χ0n) is 20.2. The van der Waals surface area contributed by atoms with Crippen molar-refractivity contribution < 1.29 is 17.6 Å². The molecule has 192 valence electrons. The van der Waals surface area contributed by atoms with Gasteiger partial charge in [-0.2, -0.15) is 5.10 Å². The fourth-order valence-corrected chi connectivity index (χ4v) is 8.19. The van der Waals surface area contributed by atoms with Crippen molar-refractivity contribution in [3.05, 3.63) is 47.8 Å². The highest BCUT2D eigenvalue weighted by Crippen LogP contribution is 2.54. The maximum absolute atomic E-state index is 13.0. The monoisotopic (exact) mass is 514 g/mol. The van der Waals surface area contributed by atoms with Gasteiger partial charge in [0.2, 0.25) is 10.0 Å². The number of halogens is 1. The van der Waals surface area contributed by atoms with Gasteiger partial charge in [-0.25, -0.2) is 31.6 Å². The first kappa shape index (κ1) is 22.7. The highest BCUT2D eigenvalue weighted by Gasteiger charge is 2.59. The van der Waals surface area contributed by atoms with Crippen molar-refractivity contribution in [1.82, 2.24) is 28.9 Å². The molecule has 0 N–H and O–H groups in total. The predicted octanol–water partition coefficient (Wildman–Crippen LogP) is 2.24. The van der Waals surface area contributed by atoms with Crippen molar-refractivity contribution in [2.75, 3.05) is 45.0 Å². The first-order valence-corrected chi connectivity index (χ1v) is 14.5. The Morgan fingerprint density at radius 1 is 0.972 bits per heavy atom. The lowest BCUT2D eigenvalue weighted by molar-refractivity contribution is -0.101. The van der Waals surface area contributed by atoms with E-state index in [-0.39, 0.29) is 28.4 Å². The Balaban J connectivity index is 0.843. The average Bonchev–Trinajstić information content (AvgIpc) is 3.47. The smallest absolute Gasteiger partial charge is 0.320 e. The van der Waals surface area contributed by atoms with Crippen molar-refractivity contribution in [1.29, 1.82) is 0 Å². The zero-order chi connectivity index (χ0) is 24.7. The number of rotatable bonds is 6. The minimum Gasteiger partial charge on any atom is -0.323 e. The van der Waals surface area contributed by atoms with Gasteiger partial charge in [0.15, 0.2) is 5.82 Å². The fraction of sp³-hybridized carbons (Fsp3) is 0.640. The molecule has 4 heterocycles. The van der Waals surface area contributed by atoms with Gasteiger partial charge >= 0.3 is 6.03 Å². The molecular weight excluding hydrogens is 483 g/mol. The summed E-state index contributed by atoms with van der Waals surface area (Å²) < 4.78 is 42.0. The summed E-state index contributed by atoms with van der Waals surface area (Å²) in [6.45, 7) is 3.83. The number of likely N-dealkylation sites (tertiary alicyclic amines) is 2. The van der Waals surface area contributed by atoms with Crippen LogP contribution in [0.15, 0.2) is 30.6 Å². The standard InChI is InChI=1S/C25H31FN6O3S/c26-20-5-1-18(2-6-20)7-8-36(34,35)31-15-25(16-31)13-30(14-25)23(33)29-11-24(12-29)9-21(10-24)32-17-27-22(28-32)19-3-4-19/h1-2,5-6,17,19,21H,3-4,7-16H2. The number of hydrogen-bond acceptors (Lipinski definition) is 5. The minimum atomic E-state index is -3.35. The number of benzene rings is 1. The van der Waals surface area contributed by atoms with E-state index >= 15 is 0 Å². The molecule has 3 saturated heterocycles. The first-order valence-electron chi connectivity index (χ1n) is 12.9. The highest BCUT2D eigenvalue weighted by atomic mass is 32.2. The van der Waals surface area contributed by atoms with Crippen LogP contribution in [-0.4, -0.2) is 88.3 Å². The normalized spacial score (nSPS) is 24.8. The summed E-state index contributed by atoms with van der Waals surface area (Å²) in [5.41, 5.74) is 0.959. The third-order valence-corrected chi connectivity index (χ3v) is 10.6. The molecule has 2 aromatic rings. The largest absolute Gasteiger partial charge is 0.323 e. The molecule has 2 saturated carbocycles. The maximum atomic E-state index is 13.0. The number of nitrogens with zero attached hydrogens (tertiary/aromatic N) is 6. The van der Waals surface area contributed by atoms with Crippen LogP contribution in [0, 0.1) is 16.6 Å². The first-order chi connectivity index (χ1) is 17.2. The Morgan fingerprint density at radius 3 is 2.25 bits per heavy atom. The van der Waals surface area contributed by atoms with E-state index in [0.29, 0.717) is 44.6 Å². The number of aromatic nitrogens is 3. The molecule has 9 nitrogen and oxygen atoms in total. The second-order valence-corrected chi connectivity index (χ2v) is 14.0. The van der Waals surface area contributed by atoms with Crippen LogP contribution in [0.5, 0.6) is 0 Å². The van der Waals surface area contributed by atoms with E-state index in [1.54, 1.807) is 12.1 Å². The molecule has 36 heavy (non-hydrogen) atoms. The second kappa shape index (κ2) is 7.74. The summed E-state index contributed by atoms with van der Waals surface area (Å²) in [4.78, 5) is 21.2. The molecule has 2 aliphatic carbocycles. The van der Waals surface area contributed by atoms with Crippen LogP contribution >= 0.6 is 0 Å². The molecule has 0 radical (unpaired) electrons. The van der Waals surface area contributed by atoms with Gasteiger partial charge in [0.1, 0.15) is 12.1 Å². The summed E-state index contributed by atoms with van der Waals surface area (Å²) >= 11 is 0. The lowest BCUT2D eigenvalue weighted by Gasteiger charge is -2.63. The molecule has 11 heteroatoms. The maximum Gasteiger partial charge on any atom is 0.320 e. The molecule has 5 aliphatic rings. The van der Waals surface area contributed by atoms with Gasteiger partial charge in [-0.1, -0.05) is 12.1 Å². The number of sulfonamides is 1. The molecular formula is C25H31FN6O3S. The lowest BCUT2D eigenvalue weighted by atomic mass is 9.60. The topological polar surface area (TPSA) is 91.6 Å². The molecule has 3 aliphatic heterocycles. The average molecular weight is 515 g/mol. The van der Waals surface area contributed by atoms with Crippen LogP contribution in [0.2, 0.25) is 0 Å². The van der Waals surface area contributed by atoms with Crippen molar-refractivity contribution in [2.24, 2.45) is 10.8 Å². The van der Waals surface area contributed by atoms with Gasteiger partial charge in [0.05, 0.1) is 11.8 Å². The summed E-state index contributed by atoms with van der Waals surface area (Å²) in [5.74, 6) is 1.25. The summed E-state index contributed by atoms with van der Waals surface area (Å²) in [6.07, 6.45) is 6.76. The third kappa shape index (κ3) is 3.82. The number of aryl methyl sites for hydroxylation is 1. The number of carbonyl (C=O) groups excluding carboxylic acids is 1. The van der Waals surface area contributed by atoms with Crippen molar-refractivity contribution in [2.45, 2.75) is 44.1 Å². The van der Waals surface area contributed by atoms with Gasteiger partial charge in [-0.05, 0) is 49.8 Å². The number of amides is 2. The van der Waals surface area contributed by atoms with Crippen LogP contribution in [0.3, 0.4) is 0 Å². The molecule has 0 bridgehead atoms. The Hall–Kier alpha value is -2.53. The molecule has 7 rings (SSSR count). The van der Waals surface area contributed by atoms with Crippen LogP contribution in [0.25, 0.3) is 0 Å². The molecule has 1 aromatic carbocycles. The van der Waals surface area contributed by atoms with Gasteiger partial charge in [-0.15, -0.1) is 0 Å². The quantitative estimate of drug-likeness (QED) is 0.590. The molecule has 1 aromatic heterocycles.